The monoisotopic (exact) mass is 293 g/mol. The summed E-state index contributed by atoms with van der Waals surface area (Å²) in [6.45, 7) is 2.01. The van der Waals surface area contributed by atoms with Gasteiger partial charge in [0, 0.05) is 18.5 Å². The van der Waals surface area contributed by atoms with E-state index >= 15 is 0 Å². The van der Waals surface area contributed by atoms with Crippen LogP contribution in [0.3, 0.4) is 0 Å². The smallest absolute Gasteiger partial charge is 0.124 e. The van der Waals surface area contributed by atoms with Crippen LogP contribution in [0.15, 0.2) is 60.7 Å². The molecule has 0 bridgehead atoms. The number of carbonyl (C=O) groups excluding carboxylic acids is 1. The predicted octanol–water partition coefficient (Wildman–Crippen LogP) is 3.71. The molecule has 0 amide bonds. The molecule has 1 saturated heterocycles. The van der Waals surface area contributed by atoms with E-state index in [1.54, 1.807) is 0 Å². The number of aldehydes is 1. The third kappa shape index (κ3) is 3.63. The van der Waals surface area contributed by atoms with E-state index in [1.165, 1.54) is 17.4 Å². The largest absolute Gasteiger partial charge is 0.303 e. The molecule has 0 radical (unpaired) electrons. The minimum absolute atomic E-state index is 0.151. The van der Waals surface area contributed by atoms with Crippen molar-refractivity contribution in [3.63, 3.8) is 0 Å². The Morgan fingerprint density at radius 2 is 1.59 bits per heavy atom. The molecule has 2 aromatic rings. The summed E-state index contributed by atoms with van der Waals surface area (Å²) in [5.41, 5.74) is 2.64. The first-order valence-electron chi connectivity index (χ1n) is 8.14. The number of likely N-dealkylation sites (tertiary alicyclic amines) is 1. The molecule has 0 aromatic heterocycles. The quantitative estimate of drug-likeness (QED) is 0.783. The Bertz CT molecular complexity index is 581. The van der Waals surface area contributed by atoms with Crippen LogP contribution in [0.4, 0.5) is 0 Å². The average Bonchev–Trinajstić information content (AvgIpc) is 2.58. The maximum absolute atomic E-state index is 11.5. The van der Waals surface area contributed by atoms with Gasteiger partial charge in [-0.25, -0.2) is 0 Å². The van der Waals surface area contributed by atoms with Crippen molar-refractivity contribution in [3.8, 4) is 0 Å². The standard InChI is InChI=1S/C20H23NO/c22-16-19-12-7-13-21(15-18-10-5-2-6-11-18)20(19)14-17-8-3-1-4-9-17/h1-6,8-11,16,19-20H,7,12-15H2. The van der Waals surface area contributed by atoms with Gasteiger partial charge < -0.3 is 4.79 Å². The molecule has 1 heterocycles. The summed E-state index contributed by atoms with van der Waals surface area (Å²) < 4.78 is 0. The van der Waals surface area contributed by atoms with Gasteiger partial charge in [-0.1, -0.05) is 60.7 Å². The van der Waals surface area contributed by atoms with Crippen molar-refractivity contribution in [1.82, 2.24) is 4.90 Å². The van der Waals surface area contributed by atoms with E-state index < -0.39 is 0 Å². The van der Waals surface area contributed by atoms with Crippen LogP contribution in [-0.2, 0) is 17.8 Å². The van der Waals surface area contributed by atoms with Crippen LogP contribution in [0.1, 0.15) is 24.0 Å². The molecule has 0 saturated carbocycles. The Balaban J connectivity index is 1.77. The van der Waals surface area contributed by atoms with Crippen LogP contribution in [-0.4, -0.2) is 23.8 Å². The Kier molecular flexibility index (Phi) is 5.02. The molecule has 22 heavy (non-hydrogen) atoms. The highest BCUT2D eigenvalue weighted by molar-refractivity contribution is 5.55. The first-order valence-corrected chi connectivity index (χ1v) is 8.14. The highest BCUT2D eigenvalue weighted by Gasteiger charge is 2.31. The lowest BCUT2D eigenvalue weighted by Gasteiger charge is -2.39. The van der Waals surface area contributed by atoms with Crippen LogP contribution in [0, 0.1) is 5.92 Å². The van der Waals surface area contributed by atoms with Crippen molar-refractivity contribution in [3.05, 3.63) is 71.8 Å². The van der Waals surface area contributed by atoms with Gasteiger partial charge in [0.2, 0.25) is 0 Å². The molecule has 1 fully saturated rings. The third-order valence-corrected chi connectivity index (χ3v) is 4.64. The third-order valence-electron chi connectivity index (χ3n) is 4.64. The fourth-order valence-corrected chi connectivity index (χ4v) is 3.47. The lowest BCUT2D eigenvalue weighted by atomic mass is 9.86. The van der Waals surface area contributed by atoms with Crippen molar-refractivity contribution < 1.29 is 4.79 Å². The maximum Gasteiger partial charge on any atom is 0.124 e. The minimum Gasteiger partial charge on any atom is -0.303 e. The second-order valence-electron chi connectivity index (χ2n) is 6.16. The first-order chi connectivity index (χ1) is 10.9. The molecule has 2 atom stereocenters. The number of hydrogen-bond donors (Lipinski definition) is 0. The van der Waals surface area contributed by atoms with Gasteiger partial charge in [-0.2, -0.15) is 0 Å². The number of nitrogens with zero attached hydrogens (tertiary/aromatic N) is 1. The van der Waals surface area contributed by atoms with Gasteiger partial charge in [0.15, 0.2) is 0 Å². The molecule has 1 aliphatic heterocycles. The van der Waals surface area contributed by atoms with E-state index in [0.717, 1.165) is 32.4 Å². The van der Waals surface area contributed by atoms with Gasteiger partial charge in [-0.15, -0.1) is 0 Å². The number of rotatable bonds is 5. The first kappa shape index (κ1) is 15.0. The van der Waals surface area contributed by atoms with Gasteiger partial charge in [0.25, 0.3) is 0 Å². The molecule has 0 spiro atoms. The zero-order valence-corrected chi connectivity index (χ0v) is 12.9. The van der Waals surface area contributed by atoms with Gasteiger partial charge >= 0.3 is 0 Å². The summed E-state index contributed by atoms with van der Waals surface area (Å²) >= 11 is 0. The van der Waals surface area contributed by atoms with Gasteiger partial charge in [-0.3, -0.25) is 4.90 Å². The summed E-state index contributed by atoms with van der Waals surface area (Å²) in [4.78, 5) is 14.0. The summed E-state index contributed by atoms with van der Waals surface area (Å²) in [6.07, 6.45) is 4.26. The number of carbonyl (C=O) groups is 1. The van der Waals surface area contributed by atoms with E-state index in [4.69, 9.17) is 0 Å². The molecular formula is C20H23NO. The molecular weight excluding hydrogens is 270 g/mol. The molecule has 2 heteroatoms. The Labute approximate surface area is 132 Å². The van der Waals surface area contributed by atoms with Crippen molar-refractivity contribution >= 4 is 6.29 Å². The zero-order chi connectivity index (χ0) is 15.2. The van der Waals surface area contributed by atoms with Crippen molar-refractivity contribution in [2.45, 2.75) is 31.8 Å². The van der Waals surface area contributed by atoms with Crippen LogP contribution in [0.25, 0.3) is 0 Å². The summed E-state index contributed by atoms with van der Waals surface area (Å²) in [7, 11) is 0. The number of hydrogen-bond acceptors (Lipinski definition) is 2. The second-order valence-corrected chi connectivity index (χ2v) is 6.16. The normalized spacial score (nSPS) is 22.4. The fraction of sp³-hybridized carbons (Fsp3) is 0.350. The zero-order valence-electron chi connectivity index (χ0n) is 12.9. The Hall–Kier alpha value is -1.93. The van der Waals surface area contributed by atoms with Crippen molar-refractivity contribution in [1.29, 1.82) is 0 Å². The van der Waals surface area contributed by atoms with E-state index in [1.807, 2.05) is 6.07 Å². The van der Waals surface area contributed by atoms with Crippen molar-refractivity contribution in [2.24, 2.45) is 5.92 Å². The highest BCUT2D eigenvalue weighted by Crippen LogP contribution is 2.26. The van der Waals surface area contributed by atoms with Crippen LogP contribution < -0.4 is 0 Å². The van der Waals surface area contributed by atoms with E-state index in [-0.39, 0.29) is 5.92 Å². The molecule has 114 valence electrons. The molecule has 0 aliphatic carbocycles. The van der Waals surface area contributed by atoms with Gasteiger partial charge in [0.1, 0.15) is 6.29 Å². The van der Waals surface area contributed by atoms with Crippen LogP contribution in [0.5, 0.6) is 0 Å². The predicted molar refractivity (Wildman–Crippen MR) is 89.6 cm³/mol. The Morgan fingerprint density at radius 3 is 2.23 bits per heavy atom. The van der Waals surface area contributed by atoms with Crippen LogP contribution in [0.2, 0.25) is 0 Å². The molecule has 2 nitrogen and oxygen atoms in total. The molecule has 0 N–H and O–H groups in total. The lowest BCUT2D eigenvalue weighted by molar-refractivity contribution is -0.114. The van der Waals surface area contributed by atoms with Crippen LogP contribution >= 0.6 is 0 Å². The lowest BCUT2D eigenvalue weighted by Crippen LogP contribution is -2.46. The summed E-state index contributed by atoms with van der Waals surface area (Å²) in [5.74, 6) is 0.151. The van der Waals surface area contributed by atoms with E-state index in [0.29, 0.717) is 6.04 Å². The minimum atomic E-state index is 0.151. The SMILES string of the molecule is O=CC1CCCN(Cc2ccccc2)C1Cc1ccccc1. The second kappa shape index (κ2) is 7.37. The molecule has 2 aromatic carbocycles. The van der Waals surface area contributed by atoms with E-state index in [9.17, 15) is 4.79 Å². The van der Waals surface area contributed by atoms with Crippen molar-refractivity contribution in [2.75, 3.05) is 6.54 Å². The Morgan fingerprint density at radius 1 is 0.955 bits per heavy atom. The highest BCUT2D eigenvalue weighted by atomic mass is 16.1. The number of piperidine rings is 1. The molecule has 3 rings (SSSR count). The number of benzene rings is 2. The van der Waals surface area contributed by atoms with E-state index in [2.05, 4.69) is 59.5 Å². The van der Waals surface area contributed by atoms with Gasteiger partial charge in [-0.05, 0) is 36.9 Å². The molecule has 2 unspecified atom stereocenters. The molecule has 1 aliphatic rings. The summed E-state index contributed by atoms with van der Waals surface area (Å²) in [6, 6.07) is 21.4. The average molecular weight is 293 g/mol. The maximum atomic E-state index is 11.5. The summed E-state index contributed by atoms with van der Waals surface area (Å²) in [5, 5.41) is 0. The van der Waals surface area contributed by atoms with Gasteiger partial charge in [0.05, 0.1) is 0 Å². The fourth-order valence-electron chi connectivity index (χ4n) is 3.47. The topological polar surface area (TPSA) is 20.3 Å².